The zero-order valence-electron chi connectivity index (χ0n) is 11.9. The molecule has 104 valence electrons. The van der Waals surface area contributed by atoms with Crippen molar-refractivity contribution in [2.45, 2.75) is 51.7 Å². The van der Waals surface area contributed by atoms with Crippen molar-refractivity contribution in [3.8, 4) is 5.75 Å². The monoisotopic (exact) mass is 260 g/mol. The van der Waals surface area contributed by atoms with E-state index < -0.39 is 0 Å². The summed E-state index contributed by atoms with van der Waals surface area (Å²) < 4.78 is 5.64. The number of rotatable bonds is 4. The van der Waals surface area contributed by atoms with Crippen LogP contribution in [-0.2, 0) is 0 Å². The first-order chi connectivity index (χ1) is 9.16. The maximum atomic E-state index is 10.5. The molecule has 0 aromatic heterocycles. The van der Waals surface area contributed by atoms with Crippen LogP contribution in [0.25, 0.3) is 0 Å². The van der Waals surface area contributed by atoms with E-state index in [2.05, 4.69) is 0 Å². The van der Waals surface area contributed by atoms with E-state index in [-0.39, 0.29) is 12.2 Å². The van der Waals surface area contributed by atoms with Crippen LogP contribution in [0.2, 0.25) is 0 Å². The smallest absolute Gasteiger partial charge is 0.119 e. The molecule has 2 fully saturated rings. The van der Waals surface area contributed by atoms with Crippen LogP contribution in [-0.4, -0.2) is 11.2 Å². The normalized spacial score (nSPS) is 30.8. The van der Waals surface area contributed by atoms with Gasteiger partial charge in [-0.1, -0.05) is 25.0 Å². The largest absolute Gasteiger partial charge is 0.491 e. The predicted octanol–water partition coefficient (Wildman–Crippen LogP) is 3.94. The highest BCUT2D eigenvalue weighted by Gasteiger charge is 2.54. The van der Waals surface area contributed by atoms with Crippen molar-refractivity contribution in [2.75, 3.05) is 0 Å². The Labute approximate surface area is 115 Å². The van der Waals surface area contributed by atoms with Gasteiger partial charge in [-0.15, -0.1) is 0 Å². The Kier molecular flexibility index (Phi) is 3.53. The summed E-state index contributed by atoms with van der Waals surface area (Å²) in [5.41, 5.74) is 1.05. The molecule has 3 unspecified atom stereocenters. The van der Waals surface area contributed by atoms with Crippen molar-refractivity contribution in [3.05, 3.63) is 29.8 Å². The van der Waals surface area contributed by atoms with Gasteiger partial charge in [0.2, 0.25) is 0 Å². The minimum absolute atomic E-state index is 0.196. The van der Waals surface area contributed by atoms with Gasteiger partial charge < -0.3 is 9.84 Å². The molecule has 0 spiro atoms. The molecule has 2 aliphatic rings. The first-order valence-corrected chi connectivity index (χ1v) is 7.61. The van der Waals surface area contributed by atoms with E-state index in [1.807, 2.05) is 38.1 Å². The average Bonchev–Trinajstić information content (AvgIpc) is 3.12. The number of aliphatic hydroxyl groups is 1. The summed E-state index contributed by atoms with van der Waals surface area (Å²) in [5.74, 6) is 2.98. The summed E-state index contributed by atoms with van der Waals surface area (Å²) in [4.78, 5) is 0. The number of aliphatic hydroxyl groups excluding tert-OH is 1. The highest BCUT2D eigenvalue weighted by molar-refractivity contribution is 5.30. The molecule has 19 heavy (non-hydrogen) atoms. The Balaban J connectivity index is 1.65. The molecule has 3 rings (SSSR count). The van der Waals surface area contributed by atoms with E-state index in [0.29, 0.717) is 5.92 Å². The molecule has 2 heteroatoms. The van der Waals surface area contributed by atoms with Crippen LogP contribution < -0.4 is 4.74 Å². The molecular formula is C17H24O2. The van der Waals surface area contributed by atoms with Crippen LogP contribution >= 0.6 is 0 Å². The fraction of sp³-hybridized carbons (Fsp3) is 0.647. The van der Waals surface area contributed by atoms with Crippen molar-refractivity contribution in [1.82, 2.24) is 0 Å². The molecule has 3 atom stereocenters. The van der Waals surface area contributed by atoms with Gasteiger partial charge in [-0.25, -0.2) is 0 Å². The van der Waals surface area contributed by atoms with E-state index in [1.165, 1.54) is 25.7 Å². The molecular weight excluding hydrogens is 236 g/mol. The molecule has 1 N–H and O–H groups in total. The van der Waals surface area contributed by atoms with Crippen LogP contribution in [0, 0.1) is 17.8 Å². The van der Waals surface area contributed by atoms with Gasteiger partial charge in [0.1, 0.15) is 5.75 Å². The van der Waals surface area contributed by atoms with E-state index in [1.54, 1.807) is 0 Å². The van der Waals surface area contributed by atoms with Gasteiger partial charge in [0.25, 0.3) is 0 Å². The lowest BCUT2D eigenvalue weighted by Gasteiger charge is -2.13. The Morgan fingerprint density at radius 1 is 1.05 bits per heavy atom. The van der Waals surface area contributed by atoms with Gasteiger partial charge >= 0.3 is 0 Å². The minimum atomic E-state index is -0.277. The van der Waals surface area contributed by atoms with E-state index in [9.17, 15) is 5.11 Å². The quantitative estimate of drug-likeness (QED) is 0.888. The molecule has 2 aliphatic carbocycles. The zero-order valence-corrected chi connectivity index (χ0v) is 11.9. The van der Waals surface area contributed by atoms with E-state index in [0.717, 1.165) is 23.1 Å². The fourth-order valence-corrected chi connectivity index (χ4v) is 3.75. The van der Waals surface area contributed by atoms with Crippen LogP contribution in [0.4, 0.5) is 0 Å². The second-order valence-corrected chi connectivity index (χ2v) is 6.37. The lowest BCUT2D eigenvalue weighted by Crippen LogP contribution is -2.06. The topological polar surface area (TPSA) is 29.5 Å². The zero-order chi connectivity index (χ0) is 13.4. The van der Waals surface area contributed by atoms with Crippen molar-refractivity contribution in [3.63, 3.8) is 0 Å². The molecule has 0 radical (unpaired) electrons. The number of benzene rings is 1. The molecule has 0 amide bonds. The molecule has 0 saturated heterocycles. The van der Waals surface area contributed by atoms with Crippen molar-refractivity contribution >= 4 is 0 Å². The highest BCUT2D eigenvalue weighted by atomic mass is 16.5. The lowest BCUT2D eigenvalue weighted by molar-refractivity contribution is 0.142. The molecule has 0 bridgehead atoms. The van der Waals surface area contributed by atoms with Crippen molar-refractivity contribution < 1.29 is 9.84 Å². The maximum Gasteiger partial charge on any atom is 0.119 e. The van der Waals surface area contributed by atoms with Crippen LogP contribution in [0.1, 0.15) is 51.2 Å². The number of ether oxygens (including phenoxy) is 1. The summed E-state index contributed by atoms with van der Waals surface area (Å²) >= 11 is 0. The maximum absolute atomic E-state index is 10.5. The third-order valence-electron chi connectivity index (χ3n) is 4.68. The van der Waals surface area contributed by atoms with Crippen LogP contribution in [0.3, 0.4) is 0 Å². The SMILES string of the molecule is CC(C)Oc1ccc(C(O)C2C3CCCCC32)cc1. The van der Waals surface area contributed by atoms with Gasteiger partial charge in [-0.05, 0) is 62.1 Å². The van der Waals surface area contributed by atoms with E-state index >= 15 is 0 Å². The Bertz CT molecular complexity index is 411. The third kappa shape index (κ3) is 2.64. The number of fused-ring (bicyclic) bond motifs is 1. The summed E-state index contributed by atoms with van der Waals surface area (Å²) in [7, 11) is 0. The summed E-state index contributed by atoms with van der Waals surface area (Å²) in [6.45, 7) is 4.05. The lowest BCUT2D eigenvalue weighted by atomic mass is 10.0. The third-order valence-corrected chi connectivity index (χ3v) is 4.68. The number of hydrogen-bond acceptors (Lipinski definition) is 2. The summed E-state index contributed by atoms with van der Waals surface area (Å²) in [6.07, 6.45) is 5.27. The Hall–Kier alpha value is -1.02. The minimum Gasteiger partial charge on any atom is -0.491 e. The second-order valence-electron chi connectivity index (χ2n) is 6.37. The fourth-order valence-electron chi connectivity index (χ4n) is 3.75. The standard InChI is InChI=1S/C17H24O2/c1-11(2)19-13-9-7-12(8-10-13)17(18)16-14-5-3-4-6-15(14)16/h7-11,14-18H,3-6H2,1-2H3. The first-order valence-electron chi connectivity index (χ1n) is 7.61. The summed E-state index contributed by atoms with van der Waals surface area (Å²) in [5, 5.41) is 10.5. The molecule has 1 aromatic rings. The molecule has 2 saturated carbocycles. The molecule has 0 heterocycles. The summed E-state index contributed by atoms with van der Waals surface area (Å²) in [6, 6.07) is 7.99. The van der Waals surface area contributed by atoms with Gasteiger partial charge in [0.15, 0.2) is 0 Å². The predicted molar refractivity (Wildman–Crippen MR) is 76.1 cm³/mol. The Morgan fingerprint density at radius 2 is 1.63 bits per heavy atom. The number of hydrogen-bond donors (Lipinski definition) is 1. The average molecular weight is 260 g/mol. The van der Waals surface area contributed by atoms with Gasteiger partial charge in [0, 0.05) is 0 Å². The van der Waals surface area contributed by atoms with Gasteiger partial charge in [0.05, 0.1) is 12.2 Å². The molecule has 0 aliphatic heterocycles. The Morgan fingerprint density at radius 3 is 2.16 bits per heavy atom. The molecule has 2 nitrogen and oxygen atoms in total. The van der Waals surface area contributed by atoms with Crippen LogP contribution in [0.15, 0.2) is 24.3 Å². The second kappa shape index (κ2) is 5.16. The van der Waals surface area contributed by atoms with Crippen LogP contribution in [0.5, 0.6) is 5.75 Å². The van der Waals surface area contributed by atoms with Crippen molar-refractivity contribution in [2.24, 2.45) is 17.8 Å². The van der Waals surface area contributed by atoms with E-state index in [4.69, 9.17) is 4.74 Å². The first kappa shape index (κ1) is 13.0. The van der Waals surface area contributed by atoms with Crippen molar-refractivity contribution in [1.29, 1.82) is 0 Å². The highest BCUT2D eigenvalue weighted by Crippen LogP contribution is 2.60. The molecule has 1 aromatic carbocycles. The van der Waals surface area contributed by atoms with Gasteiger partial charge in [-0.3, -0.25) is 0 Å². The van der Waals surface area contributed by atoms with Gasteiger partial charge in [-0.2, -0.15) is 0 Å².